The summed E-state index contributed by atoms with van der Waals surface area (Å²) in [5.74, 6) is -3.94. The summed E-state index contributed by atoms with van der Waals surface area (Å²) in [5.41, 5.74) is 1.38. The number of aliphatic hydroxyl groups excluding tert-OH is 1. The van der Waals surface area contributed by atoms with E-state index in [0.717, 1.165) is 0 Å². The van der Waals surface area contributed by atoms with E-state index in [1.54, 1.807) is 30.3 Å². The third kappa shape index (κ3) is 3.55. The van der Waals surface area contributed by atoms with Gasteiger partial charge in [-0.1, -0.05) is 36.4 Å². The molecule has 1 atom stereocenters. The Morgan fingerprint density at radius 3 is 2.71 bits per heavy atom. The first-order valence-electron chi connectivity index (χ1n) is 6.54. The molecule has 1 aliphatic rings. The van der Waals surface area contributed by atoms with Gasteiger partial charge < -0.3 is 9.84 Å². The number of carbonyl (C=O) groups is 1. The lowest BCUT2D eigenvalue weighted by Gasteiger charge is -2.09. The fraction of sp³-hybridized carbons (Fsp3) is 0.312. The van der Waals surface area contributed by atoms with E-state index in [4.69, 9.17) is 5.11 Å². The van der Waals surface area contributed by atoms with E-state index in [1.807, 2.05) is 0 Å². The zero-order chi connectivity index (χ0) is 15.5. The van der Waals surface area contributed by atoms with Crippen LogP contribution in [-0.4, -0.2) is 30.7 Å². The van der Waals surface area contributed by atoms with Crippen molar-refractivity contribution >= 4 is 17.6 Å². The number of aliphatic hydroxyl groups is 1. The van der Waals surface area contributed by atoms with Crippen LogP contribution in [0.5, 0.6) is 0 Å². The highest BCUT2D eigenvalue weighted by Crippen LogP contribution is 2.49. The topological polar surface area (TPSA) is 46.5 Å². The van der Waals surface area contributed by atoms with E-state index in [-0.39, 0.29) is 18.6 Å². The molecule has 0 aromatic heterocycles. The maximum atomic E-state index is 12.9. The van der Waals surface area contributed by atoms with Crippen molar-refractivity contribution in [2.45, 2.75) is 12.3 Å². The molecule has 112 valence electrons. The first kappa shape index (κ1) is 15.4. The predicted molar refractivity (Wildman–Crippen MR) is 75.6 cm³/mol. The average Bonchev–Trinajstić information content (AvgIpc) is 3.09. The highest BCUT2D eigenvalue weighted by Gasteiger charge is 2.55. The van der Waals surface area contributed by atoms with Crippen molar-refractivity contribution in [2.75, 3.05) is 13.7 Å². The summed E-state index contributed by atoms with van der Waals surface area (Å²) < 4.78 is 30.5. The van der Waals surface area contributed by atoms with Crippen LogP contribution in [0.25, 0.3) is 11.6 Å². The first-order chi connectivity index (χ1) is 9.99. The van der Waals surface area contributed by atoms with Gasteiger partial charge in [-0.2, -0.15) is 0 Å². The first-order valence-corrected chi connectivity index (χ1v) is 6.54. The summed E-state index contributed by atoms with van der Waals surface area (Å²) >= 11 is 0. The van der Waals surface area contributed by atoms with E-state index in [2.05, 4.69) is 4.74 Å². The molecule has 5 heteroatoms. The van der Waals surface area contributed by atoms with Gasteiger partial charge in [0.1, 0.15) is 0 Å². The Balaban J connectivity index is 2.31. The van der Waals surface area contributed by atoms with E-state index < -0.39 is 17.8 Å². The van der Waals surface area contributed by atoms with Crippen molar-refractivity contribution in [3.63, 3.8) is 0 Å². The van der Waals surface area contributed by atoms with E-state index >= 15 is 0 Å². The van der Waals surface area contributed by atoms with Gasteiger partial charge in [-0.15, -0.1) is 0 Å². The molecule has 1 N–H and O–H groups in total. The Hall–Kier alpha value is -2.01. The van der Waals surface area contributed by atoms with E-state index in [1.165, 1.54) is 19.3 Å². The Bertz CT molecular complexity index is 591. The largest absolute Gasteiger partial charge is 0.465 e. The van der Waals surface area contributed by atoms with Gasteiger partial charge in [-0.05, 0) is 17.2 Å². The number of esters is 1. The van der Waals surface area contributed by atoms with Crippen LogP contribution >= 0.6 is 0 Å². The average molecular weight is 294 g/mol. The van der Waals surface area contributed by atoms with Crippen LogP contribution in [-0.2, 0) is 9.53 Å². The quantitative estimate of drug-likeness (QED) is 0.671. The van der Waals surface area contributed by atoms with Crippen molar-refractivity contribution in [3.8, 4) is 0 Å². The Labute approximate surface area is 121 Å². The molecule has 0 amide bonds. The molecule has 0 heterocycles. The van der Waals surface area contributed by atoms with Crippen LogP contribution in [0.1, 0.15) is 17.5 Å². The minimum absolute atomic E-state index is 0.137. The monoisotopic (exact) mass is 294 g/mol. The molecule has 1 fully saturated rings. The van der Waals surface area contributed by atoms with Crippen LogP contribution in [0.15, 0.2) is 36.4 Å². The van der Waals surface area contributed by atoms with Gasteiger partial charge in [0, 0.05) is 12.3 Å². The molecule has 0 spiro atoms. The molecule has 0 saturated heterocycles. The SMILES string of the molecule is COC(=O)/C(=C/CO)c1ccccc1/C=C/C1CC1(F)F. The molecule has 1 aliphatic carbocycles. The second-order valence-electron chi connectivity index (χ2n) is 4.81. The number of rotatable bonds is 5. The predicted octanol–water partition coefficient (Wildman–Crippen LogP) is 2.90. The number of benzene rings is 1. The summed E-state index contributed by atoms with van der Waals surface area (Å²) in [6.45, 7) is -0.316. The minimum Gasteiger partial charge on any atom is -0.465 e. The smallest absolute Gasteiger partial charge is 0.338 e. The van der Waals surface area contributed by atoms with E-state index in [9.17, 15) is 13.6 Å². The highest BCUT2D eigenvalue weighted by atomic mass is 19.3. The van der Waals surface area contributed by atoms with Gasteiger partial charge in [-0.25, -0.2) is 13.6 Å². The summed E-state index contributed by atoms with van der Waals surface area (Å²) in [6, 6.07) is 6.89. The molecule has 0 bridgehead atoms. The van der Waals surface area contributed by atoms with E-state index in [0.29, 0.717) is 11.1 Å². The minimum atomic E-state index is -2.61. The number of methoxy groups -OCH3 is 1. The molecular formula is C16H16F2O3. The zero-order valence-corrected chi connectivity index (χ0v) is 11.6. The maximum Gasteiger partial charge on any atom is 0.338 e. The van der Waals surface area contributed by atoms with Crippen molar-refractivity contribution in [1.82, 2.24) is 0 Å². The number of hydrogen-bond donors (Lipinski definition) is 1. The molecule has 3 nitrogen and oxygen atoms in total. The molecule has 0 aliphatic heterocycles. The fourth-order valence-electron chi connectivity index (χ4n) is 2.06. The molecule has 1 aromatic carbocycles. The normalized spacial score (nSPS) is 20.6. The van der Waals surface area contributed by atoms with Crippen LogP contribution in [0.3, 0.4) is 0 Å². The second-order valence-corrected chi connectivity index (χ2v) is 4.81. The molecule has 1 aromatic rings. The van der Waals surface area contributed by atoms with Crippen molar-refractivity contribution in [1.29, 1.82) is 0 Å². The Morgan fingerprint density at radius 2 is 2.14 bits per heavy atom. The second kappa shape index (κ2) is 6.18. The van der Waals surface area contributed by atoms with Crippen molar-refractivity contribution in [3.05, 3.63) is 47.5 Å². The summed E-state index contributed by atoms with van der Waals surface area (Å²) in [7, 11) is 1.25. The van der Waals surface area contributed by atoms with Gasteiger partial charge in [0.15, 0.2) is 0 Å². The number of alkyl halides is 2. The van der Waals surface area contributed by atoms with Crippen LogP contribution in [0, 0.1) is 5.92 Å². The van der Waals surface area contributed by atoms with Crippen molar-refractivity contribution < 1.29 is 23.4 Å². The molecule has 21 heavy (non-hydrogen) atoms. The summed E-state index contributed by atoms with van der Waals surface area (Å²) in [5, 5.41) is 9.03. The van der Waals surface area contributed by atoms with Gasteiger partial charge >= 0.3 is 5.97 Å². The van der Waals surface area contributed by atoms with Crippen LogP contribution < -0.4 is 0 Å². The molecule has 2 rings (SSSR count). The number of ether oxygens (including phenoxy) is 1. The van der Waals surface area contributed by atoms with Gasteiger partial charge in [0.2, 0.25) is 0 Å². The lowest BCUT2D eigenvalue weighted by atomic mass is 9.98. The summed E-state index contributed by atoms with van der Waals surface area (Å²) in [6.07, 6.45) is 4.23. The van der Waals surface area contributed by atoms with Crippen molar-refractivity contribution in [2.24, 2.45) is 5.92 Å². The zero-order valence-electron chi connectivity index (χ0n) is 11.6. The molecular weight excluding hydrogens is 278 g/mol. The number of allylic oxidation sites excluding steroid dienone is 1. The number of carbonyl (C=O) groups excluding carboxylic acids is 1. The number of hydrogen-bond acceptors (Lipinski definition) is 3. The molecule has 1 unspecified atom stereocenters. The third-order valence-corrected chi connectivity index (χ3v) is 3.33. The standard InChI is InChI=1S/C16H16F2O3/c1-21-15(20)14(8-9-19)13-5-3-2-4-11(13)6-7-12-10-16(12,17)18/h2-8,12,19H,9-10H2,1H3/b7-6+,14-8+. The summed E-state index contributed by atoms with van der Waals surface area (Å²) in [4.78, 5) is 11.8. The lowest BCUT2D eigenvalue weighted by Crippen LogP contribution is -2.06. The van der Waals surface area contributed by atoms with Crippen LogP contribution in [0.2, 0.25) is 0 Å². The Kier molecular flexibility index (Phi) is 4.53. The third-order valence-electron chi connectivity index (χ3n) is 3.33. The highest BCUT2D eigenvalue weighted by molar-refractivity contribution is 6.17. The van der Waals surface area contributed by atoms with Crippen LogP contribution in [0.4, 0.5) is 8.78 Å². The lowest BCUT2D eigenvalue weighted by molar-refractivity contribution is -0.133. The van der Waals surface area contributed by atoms with Gasteiger partial charge in [-0.3, -0.25) is 0 Å². The molecule has 0 radical (unpaired) electrons. The van der Waals surface area contributed by atoms with Gasteiger partial charge in [0.05, 0.1) is 19.3 Å². The Morgan fingerprint density at radius 1 is 1.48 bits per heavy atom. The number of halogens is 2. The fourth-order valence-corrected chi connectivity index (χ4v) is 2.06. The molecule has 1 saturated carbocycles. The maximum absolute atomic E-state index is 12.9. The van der Waals surface area contributed by atoms with Gasteiger partial charge in [0.25, 0.3) is 5.92 Å².